The molecule has 0 aliphatic carbocycles. The number of rotatable bonds is 2. The van der Waals surface area contributed by atoms with Crippen molar-refractivity contribution in [3.8, 4) is 0 Å². The Hall–Kier alpha value is -0.740. The van der Waals surface area contributed by atoms with Crippen LogP contribution < -0.4 is 29.6 Å². The quantitative estimate of drug-likeness (QED) is 0.539. The van der Waals surface area contributed by atoms with Crippen LogP contribution in [-0.4, -0.2) is 25.9 Å². The molecule has 0 fully saturated rings. The molecule has 2 rings (SSSR count). The molecule has 0 heterocycles. The summed E-state index contributed by atoms with van der Waals surface area (Å²) >= 11 is 0. The molecule has 114 valence electrons. The minimum absolute atomic E-state index is 0. The molecule has 0 unspecified atom stereocenters. The van der Waals surface area contributed by atoms with Crippen LogP contribution in [-0.2, 0) is 20.2 Å². The van der Waals surface area contributed by atoms with E-state index in [1.54, 1.807) is 37.3 Å². The van der Waals surface area contributed by atoms with E-state index in [1.165, 1.54) is 24.3 Å². The van der Waals surface area contributed by atoms with Crippen LogP contribution in [0.1, 0.15) is 5.56 Å². The van der Waals surface area contributed by atoms with E-state index in [1.807, 2.05) is 0 Å². The first-order valence-electron chi connectivity index (χ1n) is 5.66. The van der Waals surface area contributed by atoms with Crippen LogP contribution in [0.25, 0.3) is 0 Å². The van der Waals surface area contributed by atoms with Crippen molar-refractivity contribution >= 4 is 20.2 Å². The Balaban J connectivity index is 0.000000385. The Morgan fingerprint density at radius 1 is 0.864 bits per heavy atom. The van der Waals surface area contributed by atoms with Gasteiger partial charge in [0.2, 0.25) is 0 Å². The van der Waals surface area contributed by atoms with E-state index >= 15 is 0 Å². The molecule has 0 radical (unpaired) electrons. The van der Waals surface area contributed by atoms with E-state index in [2.05, 4.69) is 0 Å². The van der Waals surface area contributed by atoms with Crippen molar-refractivity contribution in [3.05, 3.63) is 60.2 Å². The predicted molar refractivity (Wildman–Crippen MR) is 75.4 cm³/mol. The van der Waals surface area contributed by atoms with Crippen molar-refractivity contribution in [2.75, 3.05) is 0 Å². The Morgan fingerprint density at radius 3 is 1.64 bits per heavy atom. The van der Waals surface area contributed by atoms with Crippen LogP contribution in [0.4, 0.5) is 0 Å². The van der Waals surface area contributed by atoms with Gasteiger partial charge in [-0.25, -0.2) is 8.42 Å². The van der Waals surface area contributed by atoms with E-state index in [4.69, 9.17) is 4.55 Å². The van der Waals surface area contributed by atoms with Gasteiger partial charge in [-0.3, -0.25) is 4.55 Å². The number of aryl methyl sites for hydroxylation is 1. The Bertz CT molecular complexity index is 801. The second kappa shape index (κ2) is 8.78. The van der Waals surface area contributed by atoms with E-state index in [0.717, 1.165) is 0 Å². The standard InChI is InChI=1S/C7H8O3S.C6H6O3S.Na/c1-6-4-2-3-5-7(6)11(8,9)10;7-10(8,9)6-4-2-1-3-5-6;/h2-5H,1H3,(H,8,9,10);1-5H,(H,7,8,9);/q;;+1/p-1. The van der Waals surface area contributed by atoms with E-state index in [-0.39, 0.29) is 39.3 Å². The molecule has 0 aliphatic heterocycles. The van der Waals surface area contributed by atoms with Gasteiger partial charge < -0.3 is 4.55 Å². The molecule has 1 N–H and O–H groups in total. The second-order valence-electron chi connectivity index (χ2n) is 4.01. The third kappa shape index (κ3) is 7.01. The maximum Gasteiger partial charge on any atom is 1.00 e. The molecule has 0 saturated carbocycles. The van der Waals surface area contributed by atoms with Crippen molar-refractivity contribution < 1.29 is 55.5 Å². The zero-order valence-electron chi connectivity index (χ0n) is 12.0. The fourth-order valence-electron chi connectivity index (χ4n) is 1.43. The summed E-state index contributed by atoms with van der Waals surface area (Å²) in [7, 11) is -8.29. The SMILES string of the molecule is Cc1ccccc1S(=O)(=O)[O-].O=S(=O)(O)c1ccccc1.[Na+]. The van der Waals surface area contributed by atoms with Gasteiger partial charge in [0.15, 0.2) is 0 Å². The van der Waals surface area contributed by atoms with Gasteiger partial charge >= 0.3 is 29.6 Å². The molecule has 22 heavy (non-hydrogen) atoms. The van der Waals surface area contributed by atoms with Gasteiger partial charge in [-0.2, -0.15) is 8.42 Å². The van der Waals surface area contributed by atoms with Gasteiger partial charge in [-0.05, 0) is 30.7 Å². The van der Waals surface area contributed by atoms with Crippen LogP contribution in [0, 0.1) is 6.92 Å². The average molecular weight is 352 g/mol. The van der Waals surface area contributed by atoms with Crippen LogP contribution in [0.2, 0.25) is 0 Å². The van der Waals surface area contributed by atoms with Crippen molar-refractivity contribution in [3.63, 3.8) is 0 Å². The van der Waals surface area contributed by atoms with Crippen molar-refractivity contribution in [2.45, 2.75) is 16.7 Å². The van der Waals surface area contributed by atoms with Crippen LogP contribution in [0.15, 0.2) is 64.4 Å². The van der Waals surface area contributed by atoms with Gasteiger partial charge in [0.1, 0.15) is 10.1 Å². The van der Waals surface area contributed by atoms with E-state index in [9.17, 15) is 21.4 Å². The van der Waals surface area contributed by atoms with Crippen LogP contribution in [0.3, 0.4) is 0 Å². The summed E-state index contributed by atoms with van der Waals surface area (Å²) in [6, 6.07) is 13.5. The summed E-state index contributed by atoms with van der Waals surface area (Å²) in [6.07, 6.45) is 0. The molecular formula is C13H13NaO6S2. The van der Waals surface area contributed by atoms with Gasteiger partial charge in [-0.1, -0.05) is 36.4 Å². The fourth-order valence-corrected chi connectivity index (χ4v) is 2.64. The van der Waals surface area contributed by atoms with E-state index in [0.29, 0.717) is 5.56 Å². The molecule has 0 atom stereocenters. The fraction of sp³-hybridized carbons (Fsp3) is 0.0769. The summed E-state index contributed by atoms with van der Waals surface area (Å²) in [5.41, 5.74) is 0.488. The zero-order valence-corrected chi connectivity index (χ0v) is 15.6. The van der Waals surface area contributed by atoms with Gasteiger partial charge in [0.05, 0.1) is 9.79 Å². The molecule has 0 spiro atoms. The number of benzene rings is 2. The Labute approximate surface area is 152 Å². The minimum atomic E-state index is -4.28. The molecule has 9 heteroatoms. The van der Waals surface area contributed by atoms with Crippen LogP contribution >= 0.6 is 0 Å². The molecule has 2 aromatic rings. The number of hydrogen-bond acceptors (Lipinski definition) is 5. The van der Waals surface area contributed by atoms with Crippen molar-refractivity contribution in [1.29, 1.82) is 0 Å². The minimum Gasteiger partial charge on any atom is -0.744 e. The first kappa shape index (κ1) is 21.3. The van der Waals surface area contributed by atoms with Gasteiger partial charge in [-0.15, -0.1) is 0 Å². The third-order valence-corrected chi connectivity index (χ3v) is 4.27. The van der Waals surface area contributed by atoms with Crippen LogP contribution in [0.5, 0.6) is 0 Å². The van der Waals surface area contributed by atoms with Crippen molar-refractivity contribution in [1.82, 2.24) is 0 Å². The molecule has 0 amide bonds. The second-order valence-corrected chi connectivity index (χ2v) is 6.78. The first-order valence-corrected chi connectivity index (χ1v) is 8.51. The summed E-state index contributed by atoms with van der Waals surface area (Å²) in [5, 5.41) is 0. The molecule has 0 bridgehead atoms. The third-order valence-electron chi connectivity index (χ3n) is 2.40. The Kier molecular flexibility index (Phi) is 8.48. The maximum absolute atomic E-state index is 10.5. The first-order chi connectivity index (χ1) is 9.62. The monoisotopic (exact) mass is 352 g/mol. The molecular weight excluding hydrogens is 339 g/mol. The molecule has 6 nitrogen and oxygen atoms in total. The number of hydrogen-bond donors (Lipinski definition) is 1. The predicted octanol–water partition coefficient (Wildman–Crippen LogP) is -1.16. The zero-order chi connectivity index (χ0) is 16.1. The molecule has 2 aromatic carbocycles. The molecule has 0 aliphatic rings. The summed E-state index contributed by atoms with van der Waals surface area (Å²) in [5.74, 6) is 0. The summed E-state index contributed by atoms with van der Waals surface area (Å²) < 4.78 is 60.7. The molecule has 0 saturated heterocycles. The van der Waals surface area contributed by atoms with Crippen molar-refractivity contribution in [2.24, 2.45) is 0 Å². The normalized spacial score (nSPS) is 10.9. The molecule has 0 aromatic heterocycles. The maximum atomic E-state index is 10.5. The van der Waals surface area contributed by atoms with Gasteiger partial charge in [0.25, 0.3) is 10.1 Å². The largest absolute Gasteiger partial charge is 1.00 e. The Morgan fingerprint density at radius 2 is 1.32 bits per heavy atom. The van der Waals surface area contributed by atoms with E-state index < -0.39 is 20.2 Å². The average Bonchev–Trinajstić information content (AvgIpc) is 2.39. The van der Waals surface area contributed by atoms with Gasteiger partial charge in [0, 0.05) is 0 Å². The summed E-state index contributed by atoms with van der Waals surface area (Å²) in [6.45, 7) is 1.59. The topological polar surface area (TPSA) is 112 Å². The summed E-state index contributed by atoms with van der Waals surface area (Å²) in [4.78, 5) is -0.213. The smallest absolute Gasteiger partial charge is 0.744 e.